The van der Waals surface area contributed by atoms with Gasteiger partial charge >= 0.3 is 0 Å². The van der Waals surface area contributed by atoms with E-state index in [1.165, 1.54) is 10.9 Å². The number of carbonyl (C=O) groups is 2. The van der Waals surface area contributed by atoms with Crippen molar-refractivity contribution in [3.63, 3.8) is 0 Å². The molecule has 0 saturated carbocycles. The topological polar surface area (TPSA) is 84.3 Å². The maximum atomic E-state index is 12.3. The molecule has 3 rings (SSSR count). The van der Waals surface area contributed by atoms with Crippen molar-refractivity contribution < 1.29 is 9.59 Å². The standard InChI is InChI=1S/C16H18N4O3/c21-14-10-19(9-7-17-14)15(22)6-3-8-20-11-18-13-5-2-1-4-12(13)16(20)23/h1-2,4-5,11H,3,6-10H2,(H,17,21). The number of hydrogen-bond donors (Lipinski definition) is 1. The van der Waals surface area contributed by atoms with Gasteiger partial charge in [0.05, 0.1) is 23.8 Å². The van der Waals surface area contributed by atoms with Crippen LogP contribution < -0.4 is 10.9 Å². The largest absolute Gasteiger partial charge is 0.353 e. The minimum absolute atomic E-state index is 0.0540. The molecule has 0 unspecified atom stereocenters. The second kappa shape index (κ2) is 6.60. The predicted octanol–water partition coefficient (Wildman–Crippen LogP) is 0.135. The Hall–Kier alpha value is -2.70. The first-order chi connectivity index (χ1) is 11.1. The van der Waals surface area contributed by atoms with Gasteiger partial charge in [-0.1, -0.05) is 12.1 Å². The molecule has 0 spiro atoms. The van der Waals surface area contributed by atoms with E-state index in [4.69, 9.17) is 0 Å². The van der Waals surface area contributed by atoms with Crippen molar-refractivity contribution in [1.29, 1.82) is 0 Å². The fourth-order valence-electron chi connectivity index (χ4n) is 2.68. The van der Waals surface area contributed by atoms with Crippen LogP contribution in [0.4, 0.5) is 0 Å². The summed E-state index contributed by atoms with van der Waals surface area (Å²) in [4.78, 5) is 41.5. The van der Waals surface area contributed by atoms with E-state index in [2.05, 4.69) is 10.3 Å². The summed E-state index contributed by atoms with van der Waals surface area (Å²) in [5.74, 6) is -0.179. The molecular weight excluding hydrogens is 296 g/mol. The summed E-state index contributed by atoms with van der Waals surface area (Å²) < 4.78 is 1.53. The molecular formula is C16H18N4O3. The molecule has 0 bridgehead atoms. The second-order valence-corrected chi connectivity index (χ2v) is 5.53. The lowest BCUT2D eigenvalue weighted by Crippen LogP contribution is -2.49. The summed E-state index contributed by atoms with van der Waals surface area (Å²) in [7, 11) is 0. The zero-order valence-corrected chi connectivity index (χ0v) is 12.7. The maximum absolute atomic E-state index is 12.3. The number of nitrogens with one attached hydrogen (secondary N) is 1. The van der Waals surface area contributed by atoms with E-state index in [-0.39, 0.29) is 23.9 Å². The smallest absolute Gasteiger partial charge is 0.261 e. The Labute approximate surface area is 132 Å². The Morgan fingerprint density at radius 3 is 2.91 bits per heavy atom. The van der Waals surface area contributed by atoms with Gasteiger partial charge in [-0.25, -0.2) is 4.98 Å². The fraction of sp³-hybridized carbons (Fsp3) is 0.375. The highest BCUT2D eigenvalue weighted by Gasteiger charge is 2.20. The third-order valence-electron chi connectivity index (χ3n) is 3.91. The summed E-state index contributed by atoms with van der Waals surface area (Å²) >= 11 is 0. The van der Waals surface area contributed by atoms with Crippen molar-refractivity contribution in [3.05, 3.63) is 40.9 Å². The Balaban J connectivity index is 1.60. The Kier molecular flexibility index (Phi) is 4.36. The molecule has 7 nitrogen and oxygen atoms in total. The average Bonchev–Trinajstić information content (AvgIpc) is 2.57. The lowest BCUT2D eigenvalue weighted by Gasteiger charge is -2.26. The third kappa shape index (κ3) is 3.39. The molecule has 1 N–H and O–H groups in total. The maximum Gasteiger partial charge on any atom is 0.261 e. The lowest BCUT2D eigenvalue weighted by molar-refractivity contribution is -0.138. The summed E-state index contributed by atoms with van der Waals surface area (Å²) in [6, 6.07) is 7.19. The highest BCUT2D eigenvalue weighted by molar-refractivity contribution is 5.85. The van der Waals surface area contributed by atoms with Gasteiger partial charge < -0.3 is 10.2 Å². The molecule has 0 radical (unpaired) electrons. The van der Waals surface area contributed by atoms with E-state index in [9.17, 15) is 14.4 Å². The Morgan fingerprint density at radius 1 is 1.26 bits per heavy atom. The second-order valence-electron chi connectivity index (χ2n) is 5.53. The minimum atomic E-state index is -0.125. The molecule has 1 fully saturated rings. The van der Waals surface area contributed by atoms with E-state index >= 15 is 0 Å². The van der Waals surface area contributed by atoms with Crippen molar-refractivity contribution >= 4 is 22.7 Å². The first-order valence-electron chi connectivity index (χ1n) is 7.64. The zero-order valence-electron chi connectivity index (χ0n) is 12.7. The molecule has 1 saturated heterocycles. The van der Waals surface area contributed by atoms with Crippen molar-refractivity contribution in [3.8, 4) is 0 Å². The molecule has 1 aliphatic rings. The Bertz CT molecular complexity index is 799. The number of para-hydroxylation sites is 1. The van der Waals surface area contributed by atoms with Crippen LogP contribution in [0.2, 0.25) is 0 Å². The van der Waals surface area contributed by atoms with Crippen LogP contribution >= 0.6 is 0 Å². The summed E-state index contributed by atoms with van der Waals surface area (Å²) in [5, 5.41) is 3.26. The van der Waals surface area contributed by atoms with Crippen molar-refractivity contribution in [1.82, 2.24) is 19.8 Å². The van der Waals surface area contributed by atoms with Crippen molar-refractivity contribution in [2.45, 2.75) is 19.4 Å². The molecule has 2 amide bonds. The molecule has 1 aliphatic heterocycles. The molecule has 2 heterocycles. The lowest BCUT2D eigenvalue weighted by atomic mass is 10.2. The number of fused-ring (bicyclic) bond motifs is 1. The van der Waals surface area contributed by atoms with Gasteiger partial charge in [0, 0.05) is 26.1 Å². The van der Waals surface area contributed by atoms with Gasteiger partial charge in [0.25, 0.3) is 5.56 Å². The summed E-state index contributed by atoms with van der Waals surface area (Å²) in [6.07, 6.45) is 2.37. The average molecular weight is 314 g/mol. The fourth-order valence-corrected chi connectivity index (χ4v) is 2.68. The number of hydrogen-bond acceptors (Lipinski definition) is 4. The monoisotopic (exact) mass is 314 g/mol. The van der Waals surface area contributed by atoms with E-state index in [0.717, 1.165) is 0 Å². The minimum Gasteiger partial charge on any atom is -0.353 e. The van der Waals surface area contributed by atoms with E-state index < -0.39 is 0 Å². The van der Waals surface area contributed by atoms with Gasteiger partial charge in [0.15, 0.2) is 0 Å². The number of carbonyl (C=O) groups excluding carboxylic acids is 2. The summed E-state index contributed by atoms with van der Waals surface area (Å²) in [5.41, 5.74) is 0.574. The first kappa shape index (κ1) is 15.2. The quantitative estimate of drug-likeness (QED) is 0.870. The molecule has 1 aromatic heterocycles. The van der Waals surface area contributed by atoms with Gasteiger partial charge in [0.1, 0.15) is 0 Å². The molecule has 120 valence electrons. The number of aryl methyl sites for hydroxylation is 1. The zero-order chi connectivity index (χ0) is 16.2. The van der Waals surface area contributed by atoms with Gasteiger partial charge in [0.2, 0.25) is 11.8 Å². The van der Waals surface area contributed by atoms with Crippen LogP contribution in [0.1, 0.15) is 12.8 Å². The number of benzene rings is 1. The van der Waals surface area contributed by atoms with Crippen molar-refractivity contribution in [2.75, 3.05) is 19.6 Å². The van der Waals surface area contributed by atoms with Gasteiger partial charge in [-0.05, 0) is 18.6 Å². The molecule has 0 aliphatic carbocycles. The molecule has 23 heavy (non-hydrogen) atoms. The van der Waals surface area contributed by atoms with Gasteiger partial charge in [-0.3, -0.25) is 19.0 Å². The van der Waals surface area contributed by atoms with Gasteiger partial charge in [-0.2, -0.15) is 0 Å². The predicted molar refractivity (Wildman–Crippen MR) is 84.8 cm³/mol. The molecule has 0 atom stereocenters. The van der Waals surface area contributed by atoms with Crippen LogP contribution in [0.15, 0.2) is 35.4 Å². The summed E-state index contributed by atoms with van der Waals surface area (Å²) in [6.45, 7) is 1.60. The van der Waals surface area contributed by atoms with Crippen molar-refractivity contribution in [2.24, 2.45) is 0 Å². The van der Waals surface area contributed by atoms with Crippen LogP contribution in [0.5, 0.6) is 0 Å². The van der Waals surface area contributed by atoms with Crippen LogP contribution in [-0.2, 0) is 16.1 Å². The number of aromatic nitrogens is 2. The molecule has 7 heteroatoms. The normalized spacial score (nSPS) is 14.8. The van der Waals surface area contributed by atoms with Crippen LogP contribution in [0.25, 0.3) is 10.9 Å². The highest BCUT2D eigenvalue weighted by Crippen LogP contribution is 2.06. The Morgan fingerprint density at radius 2 is 2.09 bits per heavy atom. The van der Waals surface area contributed by atoms with Gasteiger partial charge in [-0.15, -0.1) is 0 Å². The van der Waals surface area contributed by atoms with E-state index in [0.29, 0.717) is 43.4 Å². The highest BCUT2D eigenvalue weighted by atomic mass is 16.2. The first-order valence-corrected chi connectivity index (χ1v) is 7.64. The number of rotatable bonds is 4. The number of piperazine rings is 1. The van der Waals surface area contributed by atoms with Crippen LogP contribution in [0, 0.1) is 0 Å². The van der Waals surface area contributed by atoms with E-state index in [1.54, 1.807) is 23.1 Å². The number of amides is 2. The third-order valence-corrected chi connectivity index (χ3v) is 3.91. The van der Waals surface area contributed by atoms with Crippen LogP contribution in [0.3, 0.4) is 0 Å². The molecule has 1 aromatic carbocycles. The molecule has 2 aromatic rings. The SMILES string of the molecule is O=C1CN(C(=O)CCCn2cnc3ccccc3c2=O)CCN1. The van der Waals surface area contributed by atoms with E-state index in [1.807, 2.05) is 6.07 Å². The number of nitrogens with zero attached hydrogens (tertiary/aromatic N) is 3. The van der Waals surface area contributed by atoms with Crippen LogP contribution in [-0.4, -0.2) is 45.9 Å².